The molecule has 2 N–H and O–H groups in total. The van der Waals surface area contributed by atoms with Gasteiger partial charge in [-0.15, -0.1) is 0 Å². The third-order valence-electron chi connectivity index (χ3n) is 3.35. The van der Waals surface area contributed by atoms with Crippen molar-refractivity contribution >= 4 is 5.69 Å². The number of halogens is 1. The minimum Gasteiger partial charge on any atom is -0.367 e. The summed E-state index contributed by atoms with van der Waals surface area (Å²) in [6.07, 6.45) is 1.01. The van der Waals surface area contributed by atoms with E-state index in [9.17, 15) is 4.39 Å². The Balaban J connectivity index is 2.31. The number of anilines is 1. The lowest BCUT2D eigenvalue weighted by Gasteiger charge is -2.27. The van der Waals surface area contributed by atoms with Crippen LogP contribution in [0.25, 0.3) is 0 Å². The van der Waals surface area contributed by atoms with Gasteiger partial charge in [0.05, 0.1) is 0 Å². The van der Waals surface area contributed by atoms with Crippen LogP contribution in [0.2, 0.25) is 0 Å². The van der Waals surface area contributed by atoms with Crippen molar-refractivity contribution in [2.24, 2.45) is 5.73 Å². The molecule has 0 heterocycles. The van der Waals surface area contributed by atoms with Crippen molar-refractivity contribution in [1.29, 1.82) is 0 Å². The zero-order valence-corrected chi connectivity index (χ0v) is 11.8. The zero-order valence-electron chi connectivity index (χ0n) is 11.8. The monoisotopic (exact) mass is 272 g/mol. The summed E-state index contributed by atoms with van der Waals surface area (Å²) in [7, 11) is 0. The number of hydrogen-bond acceptors (Lipinski definition) is 2. The molecule has 0 saturated heterocycles. The molecule has 0 spiro atoms. The first-order valence-electron chi connectivity index (χ1n) is 7.02. The van der Waals surface area contributed by atoms with Gasteiger partial charge in [0, 0.05) is 30.9 Å². The standard InChI is InChI=1S/C17H21FN2/c1-2-11-20(13-14-7-4-3-5-8-14)17-10-6-9-16(18)15(17)12-19/h3-10H,2,11-13,19H2,1H3. The number of hydrogen-bond donors (Lipinski definition) is 1. The molecular weight excluding hydrogens is 251 g/mol. The Morgan fingerprint density at radius 2 is 1.80 bits per heavy atom. The van der Waals surface area contributed by atoms with Gasteiger partial charge in [-0.05, 0) is 24.1 Å². The maximum atomic E-state index is 13.9. The Bertz CT molecular complexity index is 540. The molecule has 106 valence electrons. The van der Waals surface area contributed by atoms with E-state index in [0.29, 0.717) is 5.56 Å². The molecule has 20 heavy (non-hydrogen) atoms. The molecule has 0 atom stereocenters. The highest BCUT2D eigenvalue weighted by Gasteiger charge is 2.13. The van der Waals surface area contributed by atoms with Crippen molar-refractivity contribution < 1.29 is 4.39 Å². The van der Waals surface area contributed by atoms with Crippen molar-refractivity contribution in [3.05, 3.63) is 65.5 Å². The van der Waals surface area contributed by atoms with Gasteiger partial charge in [-0.25, -0.2) is 4.39 Å². The minimum absolute atomic E-state index is 0.219. The van der Waals surface area contributed by atoms with Gasteiger partial charge in [-0.2, -0.15) is 0 Å². The second-order valence-corrected chi connectivity index (χ2v) is 4.85. The highest BCUT2D eigenvalue weighted by atomic mass is 19.1. The fourth-order valence-corrected chi connectivity index (χ4v) is 2.40. The highest BCUT2D eigenvalue weighted by molar-refractivity contribution is 5.54. The molecule has 0 amide bonds. The lowest BCUT2D eigenvalue weighted by atomic mass is 10.1. The summed E-state index contributed by atoms with van der Waals surface area (Å²) < 4.78 is 13.9. The van der Waals surface area contributed by atoms with E-state index in [4.69, 9.17) is 5.73 Å². The van der Waals surface area contributed by atoms with Gasteiger partial charge in [-0.3, -0.25) is 0 Å². The van der Waals surface area contributed by atoms with Crippen molar-refractivity contribution in [2.45, 2.75) is 26.4 Å². The first kappa shape index (κ1) is 14.5. The number of rotatable bonds is 6. The maximum absolute atomic E-state index is 13.9. The second kappa shape index (κ2) is 7.06. The quantitative estimate of drug-likeness (QED) is 0.868. The largest absolute Gasteiger partial charge is 0.367 e. The molecule has 0 bridgehead atoms. The van der Waals surface area contributed by atoms with Crippen LogP contribution in [0.5, 0.6) is 0 Å². The van der Waals surface area contributed by atoms with Crippen molar-refractivity contribution in [2.75, 3.05) is 11.4 Å². The Morgan fingerprint density at radius 3 is 2.45 bits per heavy atom. The average molecular weight is 272 g/mol. The molecule has 0 aromatic heterocycles. The Kier molecular flexibility index (Phi) is 5.13. The molecule has 0 aliphatic rings. The van der Waals surface area contributed by atoms with Crippen molar-refractivity contribution in [3.8, 4) is 0 Å². The predicted molar refractivity (Wildman–Crippen MR) is 82.1 cm³/mol. The first-order chi connectivity index (χ1) is 9.76. The van der Waals surface area contributed by atoms with E-state index >= 15 is 0 Å². The first-order valence-corrected chi connectivity index (χ1v) is 7.02. The van der Waals surface area contributed by atoms with E-state index in [1.165, 1.54) is 11.6 Å². The van der Waals surface area contributed by atoms with Gasteiger partial charge in [-0.1, -0.05) is 43.3 Å². The normalized spacial score (nSPS) is 10.6. The molecule has 0 fully saturated rings. The van der Waals surface area contributed by atoms with Crippen LogP contribution in [0.15, 0.2) is 48.5 Å². The Labute approximate surface area is 120 Å². The molecule has 0 aliphatic heterocycles. The summed E-state index contributed by atoms with van der Waals surface area (Å²) in [4.78, 5) is 2.20. The van der Waals surface area contributed by atoms with Gasteiger partial charge in [0.2, 0.25) is 0 Å². The molecule has 0 unspecified atom stereocenters. The molecule has 2 aromatic rings. The van der Waals surface area contributed by atoms with Crippen LogP contribution < -0.4 is 10.6 Å². The summed E-state index contributed by atoms with van der Waals surface area (Å²) >= 11 is 0. The molecule has 0 aliphatic carbocycles. The molecule has 2 aromatic carbocycles. The SMILES string of the molecule is CCCN(Cc1ccccc1)c1cccc(F)c1CN. The van der Waals surface area contributed by atoms with Crippen molar-refractivity contribution in [3.63, 3.8) is 0 Å². The van der Waals surface area contributed by atoms with Gasteiger partial charge in [0.15, 0.2) is 0 Å². The Hall–Kier alpha value is -1.87. The zero-order chi connectivity index (χ0) is 14.4. The van der Waals surface area contributed by atoms with Crippen LogP contribution >= 0.6 is 0 Å². The molecule has 0 saturated carbocycles. The average Bonchev–Trinajstić information content (AvgIpc) is 2.47. The van der Waals surface area contributed by atoms with Crippen LogP contribution in [-0.2, 0) is 13.1 Å². The number of nitrogens with two attached hydrogens (primary N) is 1. The van der Waals surface area contributed by atoms with Gasteiger partial charge in [0.25, 0.3) is 0 Å². The van der Waals surface area contributed by atoms with E-state index in [-0.39, 0.29) is 12.4 Å². The molecule has 2 rings (SSSR count). The van der Waals surface area contributed by atoms with E-state index < -0.39 is 0 Å². The van der Waals surface area contributed by atoms with Gasteiger partial charge >= 0.3 is 0 Å². The molecule has 3 heteroatoms. The topological polar surface area (TPSA) is 29.3 Å². The summed E-state index contributed by atoms with van der Waals surface area (Å²) in [6.45, 7) is 3.99. The van der Waals surface area contributed by atoms with Crippen LogP contribution in [-0.4, -0.2) is 6.54 Å². The maximum Gasteiger partial charge on any atom is 0.129 e. The third-order valence-corrected chi connectivity index (χ3v) is 3.35. The van der Waals surface area contributed by atoms with Gasteiger partial charge in [0.1, 0.15) is 5.82 Å². The lowest BCUT2D eigenvalue weighted by Crippen LogP contribution is -2.25. The van der Waals surface area contributed by atoms with E-state index in [0.717, 1.165) is 25.2 Å². The molecule has 0 radical (unpaired) electrons. The van der Waals surface area contributed by atoms with Crippen LogP contribution in [0.3, 0.4) is 0 Å². The number of benzene rings is 2. The smallest absolute Gasteiger partial charge is 0.129 e. The van der Waals surface area contributed by atoms with Crippen molar-refractivity contribution in [1.82, 2.24) is 0 Å². The predicted octanol–water partition coefficient (Wildman–Crippen LogP) is 3.70. The fraction of sp³-hybridized carbons (Fsp3) is 0.294. The van der Waals surface area contributed by atoms with Gasteiger partial charge < -0.3 is 10.6 Å². The second-order valence-electron chi connectivity index (χ2n) is 4.85. The van der Waals surface area contributed by atoms with Crippen LogP contribution in [0.4, 0.5) is 10.1 Å². The molecule has 2 nitrogen and oxygen atoms in total. The van der Waals surface area contributed by atoms with E-state index in [2.05, 4.69) is 24.0 Å². The summed E-state index contributed by atoms with van der Waals surface area (Å²) in [5.74, 6) is -0.223. The highest BCUT2D eigenvalue weighted by Crippen LogP contribution is 2.24. The van der Waals surface area contributed by atoms with Crippen LogP contribution in [0.1, 0.15) is 24.5 Å². The molecular formula is C17H21FN2. The minimum atomic E-state index is -0.223. The van der Waals surface area contributed by atoms with E-state index in [1.54, 1.807) is 6.07 Å². The Morgan fingerprint density at radius 1 is 1.05 bits per heavy atom. The number of nitrogens with zero attached hydrogens (tertiary/aromatic N) is 1. The summed E-state index contributed by atoms with van der Waals surface area (Å²) in [5.41, 5.74) is 8.42. The lowest BCUT2D eigenvalue weighted by molar-refractivity contribution is 0.608. The van der Waals surface area contributed by atoms with Crippen LogP contribution in [0, 0.1) is 5.82 Å². The van der Waals surface area contributed by atoms with E-state index in [1.807, 2.05) is 24.3 Å². The summed E-state index contributed by atoms with van der Waals surface area (Å²) in [6, 6.07) is 15.4. The summed E-state index contributed by atoms with van der Waals surface area (Å²) in [5, 5.41) is 0. The third kappa shape index (κ3) is 3.36. The fourth-order valence-electron chi connectivity index (χ4n) is 2.40.